The van der Waals surface area contributed by atoms with E-state index in [9.17, 15) is 4.79 Å². The van der Waals surface area contributed by atoms with Crippen LogP contribution in [0.3, 0.4) is 0 Å². The summed E-state index contributed by atoms with van der Waals surface area (Å²) in [5.41, 5.74) is 8.22. The van der Waals surface area contributed by atoms with Crippen LogP contribution in [0.1, 0.15) is 35.2 Å². The fourth-order valence-electron chi connectivity index (χ4n) is 2.17. The lowest BCUT2D eigenvalue weighted by Crippen LogP contribution is -2.24. The van der Waals surface area contributed by atoms with Crippen molar-refractivity contribution in [2.45, 2.75) is 26.2 Å². The molecule has 0 bridgehead atoms. The van der Waals surface area contributed by atoms with Crippen molar-refractivity contribution in [3.05, 3.63) is 59.7 Å². The largest absolute Gasteiger partial charge is 0.494 e. The van der Waals surface area contributed by atoms with Crippen molar-refractivity contribution in [1.82, 2.24) is 5.32 Å². The molecule has 23 heavy (non-hydrogen) atoms. The number of hydrogen-bond acceptors (Lipinski definition) is 3. The second kappa shape index (κ2) is 8.83. The van der Waals surface area contributed by atoms with Crippen molar-refractivity contribution in [3.63, 3.8) is 0 Å². The summed E-state index contributed by atoms with van der Waals surface area (Å²) in [7, 11) is 0. The predicted molar refractivity (Wildman–Crippen MR) is 93.7 cm³/mol. The number of nitrogens with two attached hydrogens (primary N) is 1. The Labute approximate surface area is 137 Å². The van der Waals surface area contributed by atoms with E-state index < -0.39 is 0 Å². The van der Waals surface area contributed by atoms with Gasteiger partial charge in [-0.2, -0.15) is 0 Å². The molecule has 0 fully saturated rings. The molecule has 2 aromatic rings. The minimum Gasteiger partial charge on any atom is -0.494 e. The number of carbonyl (C=O) groups excluding carboxylic acids is 1. The second-order valence-corrected chi connectivity index (χ2v) is 5.60. The van der Waals surface area contributed by atoms with Crippen LogP contribution in [0.5, 0.6) is 5.75 Å². The number of amides is 1. The molecule has 0 aromatic heterocycles. The Morgan fingerprint density at radius 1 is 1.00 bits per heavy atom. The molecule has 1 amide bonds. The number of rotatable bonds is 8. The number of benzene rings is 2. The number of anilines is 1. The molecule has 2 aromatic carbocycles. The first-order valence-electron chi connectivity index (χ1n) is 7.98. The molecule has 0 aliphatic heterocycles. The van der Waals surface area contributed by atoms with Gasteiger partial charge in [0, 0.05) is 17.8 Å². The highest BCUT2D eigenvalue weighted by Crippen LogP contribution is 2.13. The smallest absolute Gasteiger partial charge is 0.251 e. The molecule has 0 aliphatic carbocycles. The first-order chi connectivity index (χ1) is 11.1. The van der Waals surface area contributed by atoms with Crippen LogP contribution >= 0.6 is 0 Å². The van der Waals surface area contributed by atoms with Crippen molar-refractivity contribution >= 4 is 11.6 Å². The molecule has 0 heterocycles. The molecule has 4 nitrogen and oxygen atoms in total. The van der Waals surface area contributed by atoms with E-state index >= 15 is 0 Å². The highest BCUT2D eigenvalue weighted by atomic mass is 16.5. The lowest BCUT2D eigenvalue weighted by Gasteiger charge is -2.07. The molecule has 0 saturated carbocycles. The van der Waals surface area contributed by atoms with Crippen molar-refractivity contribution < 1.29 is 9.53 Å². The van der Waals surface area contributed by atoms with Crippen molar-refractivity contribution in [3.8, 4) is 5.75 Å². The molecular weight excluding hydrogens is 288 g/mol. The Balaban J connectivity index is 1.54. The van der Waals surface area contributed by atoms with E-state index in [4.69, 9.17) is 10.5 Å². The number of aryl methyl sites for hydroxylation is 1. The number of nitrogens with one attached hydrogen (secondary N) is 1. The lowest BCUT2D eigenvalue weighted by molar-refractivity contribution is 0.0953. The molecular formula is C19H24N2O2. The maximum Gasteiger partial charge on any atom is 0.251 e. The van der Waals surface area contributed by atoms with Gasteiger partial charge >= 0.3 is 0 Å². The maximum atomic E-state index is 11.9. The summed E-state index contributed by atoms with van der Waals surface area (Å²) in [6.45, 7) is 3.37. The normalized spacial score (nSPS) is 10.3. The lowest BCUT2D eigenvalue weighted by atomic mass is 10.1. The van der Waals surface area contributed by atoms with Gasteiger partial charge in [-0.15, -0.1) is 0 Å². The van der Waals surface area contributed by atoms with Crippen LogP contribution in [0.25, 0.3) is 0 Å². The molecule has 4 heteroatoms. The summed E-state index contributed by atoms with van der Waals surface area (Å²) in [5, 5.41) is 2.94. The minimum absolute atomic E-state index is 0.0110. The predicted octanol–water partition coefficient (Wildman–Crippen LogP) is 3.56. The van der Waals surface area contributed by atoms with Gasteiger partial charge in [0.15, 0.2) is 0 Å². The van der Waals surface area contributed by atoms with Crippen LogP contribution in [-0.4, -0.2) is 19.1 Å². The van der Waals surface area contributed by atoms with Crippen LogP contribution in [0, 0.1) is 6.92 Å². The van der Waals surface area contributed by atoms with Crippen LogP contribution < -0.4 is 15.8 Å². The molecule has 2 rings (SSSR count). The summed E-state index contributed by atoms with van der Waals surface area (Å²) in [4.78, 5) is 11.9. The van der Waals surface area contributed by atoms with E-state index in [2.05, 4.69) is 5.32 Å². The zero-order valence-corrected chi connectivity index (χ0v) is 13.5. The van der Waals surface area contributed by atoms with E-state index in [1.807, 2.05) is 55.5 Å². The average molecular weight is 312 g/mol. The zero-order chi connectivity index (χ0) is 16.5. The zero-order valence-electron chi connectivity index (χ0n) is 13.5. The third-order valence-corrected chi connectivity index (χ3v) is 3.57. The van der Waals surface area contributed by atoms with Crippen molar-refractivity contribution in [1.29, 1.82) is 0 Å². The molecule has 0 radical (unpaired) electrons. The van der Waals surface area contributed by atoms with E-state index in [-0.39, 0.29) is 5.91 Å². The Morgan fingerprint density at radius 3 is 2.39 bits per heavy atom. The number of carbonyl (C=O) groups is 1. The van der Waals surface area contributed by atoms with Gasteiger partial charge < -0.3 is 15.8 Å². The second-order valence-electron chi connectivity index (χ2n) is 5.60. The van der Waals surface area contributed by atoms with Crippen LogP contribution in [-0.2, 0) is 0 Å². The van der Waals surface area contributed by atoms with Gasteiger partial charge in [-0.1, -0.05) is 17.7 Å². The summed E-state index contributed by atoms with van der Waals surface area (Å²) in [5.74, 6) is 0.829. The van der Waals surface area contributed by atoms with Crippen molar-refractivity contribution in [2.24, 2.45) is 0 Å². The number of unbranched alkanes of at least 4 members (excludes halogenated alkanes) is 2. The number of nitrogen functional groups attached to an aromatic ring is 1. The van der Waals surface area contributed by atoms with Gasteiger partial charge in [0.25, 0.3) is 5.91 Å². The summed E-state index contributed by atoms with van der Waals surface area (Å²) in [6, 6.07) is 15.0. The summed E-state index contributed by atoms with van der Waals surface area (Å²) < 4.78 is 5.63. The van der Waals surface area contributed by atoms with Gasteiger partial charge in [-0.3, -0.25) is 4.79 Å². The Kier molecular flexibility index (Phi) is 6.48. The Bertz CT molecular complexity index is 606. The highest BCUT2D eigenvalue weighted by molar-refractivity contribution is 5.94. The van der Waals surface area contributed by atoms with Gasteiger partial charge in [0.05, 0.1) is 6.61 Å². The molecule has 0 spiro atoms. The van der Waals surface area contributed by atoms with Gasteiger partial charge in [0.1, 0.15) is 5.75 Å². The van der Waals surface area contributed by atoms with Crippen molar-refractivity contribution in [2.75, 3.05) is 18.9 Å². The standard InChI is InChI=1S/C19H24N2O2/c1-15-5-7-16(8-6-15)19(22)21-13-3-2-4-14-23-18-11-9-17(20)10-12-18/h5-12H,2-4,13-14,20H2,1H3,(H,21,22). The molecule has 0 unspecified atom stereocenters. The van der Waals surface area contributed by atoms with E-state index in [1.165, 1.54) is 0 Å². The molecule has 0 saturated heterocycles. The molecule has 3 N–H and O–H groups in total. The first-order valence-corrected chi connectivity index (χ1v) is 7.98. The topological polar surface area (TPSA) is 64.3 Å². The third kappa shape index (κ3) is 6.02. The third-order valence-electron chi connectivity index (χ3n) is 3.57. The monoisotopic (exact) mass is 312 g/mol. The van der Waals surface area contributed by atoms with E-state index in [0.29, 0.717) is 18.7 Å². The Hall–Kier alpha value is -2.49. The fraction of sp³-hybridized carbons (Fsp3) is 0.316. The molecule has 122 valence electrons. The van der Waals surface area contributed by atoms with Gasteiger partial charge in [-0.05, 0) is 62.6 Å². The maximum absolute atomic E-state index is 11.9. The first kappa shape index (κ1) is 16.9. The minimum atomic E-state index is -0.0110. The average Bonchev–Trinajstić information content (AvgIpc) is 2.56. The fourth-order valence-corrected chi connectivity index (χ4v) is 2.17. The number of hydrogen-bond donors (Lipinski definition) is 2. The van der Waals surface area contributed by atoms with Crippen LogP contribution in [0.15, 0.2) is 48.5 Å². The van der Waals surface area contributed by atoms with Gasteiger partial charge in [0.2, 0.25) is 0 Å². The Morgan fingerprint density at radius 2 is 1.70 bits per heavy atom. The van der Waals surface area contributed by atoms with E-state index in [1.54, 1.807) is 0 Å². The summed E-state index contributed by atoms with van der Waals surface area (Å²) >= 11 is 0. The molecule has 0 aliphatic rings. The van der Waals surface area contributed by atoms with Crippen LogP contribution in [0.2, 0.25) is 0 Å². The quantitative estimate of drug-likeness (QED) is 0.578. The SMILES string of the molecule is Cc1ccc(C(=O)NCCCCCOc2ccc(N)cc2)cc1. The number of ether oxygens (including phenoxy) is 1. The summed E-state index contributed by atoms with van der Waals surface area (Å²) in [6.07, 6.45) is 2.93. The highest BCUT2D eigenvalue weighted by Gasteiger charge is 2.03. The van der Waals surface area contributed by atoms with Gasteiger partial charge in [-0.25, -0.2) is 0 Å². The molecule has 0 atom stereocenters. The van der Waals surface area contributed by atoms with Crippen LogP contribution in [0.4, 0.5) is 5.69 Å². The van der Waals surface area contributed by atoms with E-state index in [0.717, 1.165) is 36.3 Å².